The normalized spacial score (nSPS) is 17.1. The lowest BCUT2D eigenvalue weighted by atomic mass is 9.79. The largest absolute Gasteiger partial charge is 0.460 e. The van der Waals surface area contributed by atoms with Crippen molar-refractivity contribution in [2.45, 2.75) is 163 Å². The molecule has 1 amide bonds. The summed E-state index contributed by atoms with van der Waals surface area (Å²) in [6.07, 6.45) is 14.3. The SMILES string of the molecule is CC#CC#CC#CC#CC#CC#CC#CC#CC#CC#CC#CC#CC(=O)N[C@@H](CO[C@H]1OC(CSC(C)=O)[C@H](C)[C@H](C)C1C)[C@H](OC(C)=O)[C@H](C)CCCCCCCCCCCCCC. The van der Waals surface area contributed by atoms with Crippen LogP contribution >= 0.6 is 11.8 Å². The zero-order chi connectivity index (χ0) is 48.5. The number of carbonyl (C=O) groups is 3. The van der Waals surface area contributed by atoms with E-state index in [1.165, 1.54) is 76.5 Å². The van der Waals surface area contributed by atoms with E-state index in [4.69, 9.17) is 14.2 Å². The summed E-state index contributed by atoms with van der Waals surface area (Å²) in [5.74, 6) is 60.7. The smallest absolute Gasteiger partial charge is 0.302 e. The van der Waals surface area contributed by atoms with Crippen LogP contribution in [0.5, 0.6) is 0 Å². The Bertz CT molecular complexity index is 2380. The van der Waals surface area contributed by atoms with Crippen molar-refractivity contribution < 1.29 is 28.6 Å². The maximum atomic E-state index is 13.2. The van der Waals surface area contributed by atoms with E-state index in [0.717, 1.165) is 25.7 Å². The van der Waals surface area contributed by atoms with E-state index in [1.54, 1.807) is 13.8 Å². The molecule has 0 spiro atoms. The number of amides is 1. The van der Waals surface area contributed by atoms with Crippen molar-refractivity contribution in [1.82, 2.24) is 5.32 Å². The average Bonchev–Trinajstić information content (AvgIpc) is 3.29. The van der Waals surface area contributed by atoms with E-state index in [9.17, 15) is 14.4 Å². The van der Waals surface area contributed by atoms with Crippen LogP contribution < -0.4 is 5.32 Å². The van der Waals surface area contributed by atoms with Gasteiger partial charge in [0.2, 0.25) is 0 Å². The zero-order valence-electron chi connectivity index (χ0n) is 40.1. The lowest BCUT2D eigenvalue weighted by molar-refractivity contribution is -0.246. The van der Waals surface area contributed by atoms with E-state index < -0.39 is 30.3 Å². The molecule has 1 aliphatic heterocycles. The molecule has 1 fully saturated rings. The van der Waals surface area contributed by atoms with Gasteiger partial charge in [0.05, 0.1) is 18.8 Å². The second kappa shape index (κ2) is 39.0. The number of esters is 1. The molecule has 8 heteroatoms. The standard InChI is InChI=1S/C58H63NO6S/c1-9-11-13-15-17-19-21-23-24-25-26-27-28-29-30-31-32-33-35-37-39-41-43-45-56(62)59-54(46-63-58-51(6)49(4)50(5)55(65-58)47-66-53(8)61)57(64-52(7)60)48(3)44-42-40-38-36-34-22-20-18-16-14-12-10-2/h48-51,54-55,57-58H,10,12,14,16,18,20,22,34,36,38,40,42,44,46-47H2,1-8H3,(H,59,62)/t48-,49+,50-,51?,54+,55?,57-,58+/m1/s1. The summed E-state index contributed by atoms with van der Waals surface area (Å²) in [7, 11) is 0. The molecule has 7 nitrogen and oxygen atoms in total. The van der Waals surface area contributed by atoms with Gasteiger partial charge in [0.1, 0.15) is 6.10 Å². The summed E-state index contributed by atoms with van der Waals surface area (Å²) in [6, 6.07) is -0.725. The minimum absolute atomic E-state index is 0.0167. The first-order chi connectivity index (χ1) is 32.0. The van der Waals surface area contributed by atoms with Gasteiger partial charge in [0, 0.05) is 67.0 Å². The molecule has 66 heavy (non-hydrogen) atoms. The summed E-state index contributed by atoms with van der Waals surface area (Å²) >= 11 is 1.24. The Hall–Kier alpha value is -6.40. The van der Waals surface area contributed by atoms with Crippen LogP contribution in [0.2, 0.25) is 0 Å². The maximum absolute atomic E-state index is 13.2. The number of nitrogens with one attached hydrogen (secondary N) is 1. The highest BCUT2D eigenvalue weighted by Gasteiger charge is 2.41. The third-order valence-corrected chi connectivity index (χ3v) is 11.5. The second-order valence-corrected chi connectivity index (χ2v) is 16.9. The highest BCUT2D eigenvalue weighted by atomic mass is 32.2. The first-order valence-electron chi connectivity index (χ1n) is 22.8. The Kier molecular flexibility index (Phi) is 34.1. The Labute approximate surface area is 402 Å². The van der Waals surface area contributed by atoms with Gasteiger partial charge in [-0.1, -0.05) is 129 Å². The molecule has 1 heterocycles. The third-order valence-electron chi connectivity index (χ3n) is 10.6. The molecule has 0 bridgehead atoms. The minimum atomic E-state index is -0.725. The van der Waals surface area contributed by atoms with Gasteiger partial charge in [-0.15, -0.1) is 0 Å². The summed E-state index contributed by atoms with van der Waals surface area (Å²) < 4.78 is 18.8. The van der Waals surface area contributed by atoms with Gasteiger partial charge in [0.25, 0.3) is 5.91 Å². The van der Waals surface area contributed by atoms with Crippen LogP contribution in [-0.4, -0.2) is 53.9 Å². The lowest BCUT2D eigenvalue weighted by Crippen LogP contribution is -2.53. The average molecular weight is 902 g/mol. The predicted octanol–water partition coefficient (Wildman–Crippen LogP) is 8.12. The van der Waals surface area contributed by atoms with Crippen LogP contribution in [-0.2, 0) is 28.6 Å². The number of hydrogen-bond acceptors (Lipinski definition) is 7. The number of ether oxygens (including phenoxy) is 3. The minimum Gasteiger partial charge on any atom is -0.460 e. The molecular weight excluding hydrogens is 839 g/mol. The van der Waals surface area contributed by atoms with Gasteiger partial charge in [-0.3, -0.25) is 14.4 Å². The quantitative estimate of drug-likeness (QED) is 0.0668. The fourth-order valence-electron chi connectivity index (χ4n) is 6.72. The van der Waals surface area contributed by atoms with Crippen molar-refractivity contribution >= 4 is 28.8 Å². The molecule has 2 unspecified atom stereocenters. The summed E-state index contributed by atoms with van der Waals surface area (Å²) in [5, 5.41) is 2.97. The highest BCUT2D eigenvalue weighted by molar-refractivity contribution is 8.13. The fraction of sp³-hybridized carbons (Fsp3) is 0.534. The molecule has 0 aromatic rings. The topological polar surface area (TPSA) is 90.9 Å². The maximum Gasteiger partial charge on any atom is 0.302 e. The van der Waals surface area contributed by atoms with Crippen LogP contribution in [0.4, 0.5) is 0 Å². The molecule has 0 saturated carbocycles. The Morgan fingerprint density at radius 3 is 1.44 bits per heavy atom. The molecule has 0 aromatic carbocycles. The van der Waals surface area contributed by atoms with Crippen molar-refractivity contribution in [2.75, 3.05) is 12.4 Å². The van der Waals surface area contributed by atoms with Crippen LogP contribution in [0.15, 0.2) is 0 Å². The van der Waals surface area contributed by atoms with Crippen LogP contribution in [0.25, 0.3) is 0 Å². The summed E-state index contributed by atoms with van der Waals surface area (Å²) in [4.78, 5) is 37.5. The number of unbranched alkanes of at least 4 members (excludes halogenated alkanes) is 11. The van der Waals surface area contributed by atoms with Gasteiger partial charge >= 0.3 is 5.97 Å². The van der Waals surface area contributed by atoms with E-state index in [0.29, 0.717) is 5.75 Å². The summed E-state index contributed by atoms with van der Waals surface area (Å²) in [6.45, 7) is 15.3. The molecule has 0 aromatic heterocycles. The first-order valence-corrected chi connectivity index (χ1v) is 23.8. The number of rotatable bonds is 22. The number of thioether (sulfide) groups is 1. The molecular formula is C58H63NO6S. The fourth-order valence-corrected chi connectivity index (χ4v) is 7.50. The van der Waals surface area contributed by atoms with Crippen molar-refractivity contribution in [2.24, 2.45) is 23.7 Å². The third kappa shape index (κ3) is 29.9. The van der Waals surface area contributed by atoms with E-state index in [2.05, 4.69) is 175 Å². The van der Waals surface area contributed by atoms with Crippen molar-refractivity contribution in [1.29, 1.82) is 0 Å². The second-order valence-electron chi connectivity index (χ2n) is 15.7. The molecule has 0 radical (unpaired) electrons. The van der Waals surface area contributed by atoms with Crippen LogP contribution in [0.3, 0.4) is 0 Å². The molecule has 1 saturated heterocycles. The summed E-state index contributed by atoms with van der Waals surface area (Å²) in [5.41, 5.74) is 0. The molecule has 8 atom stereocenters. The van der Waals surface area contributed by atoms with E-state index in [-0.39, 0.29) is 41.5 Å². The lowest BCUT2D eigenvalue weighted by Gasteiger charge is -2.44. The molecule has 1 N–H and O–H groups in total. The van der Waals surface area contributed by atoms with Crippen molar-refractivity contribution in [3.63, 3.8) is 0 Å². The predicted molar refractivity (Wildman–Crippen MR) is 267 cm³/mol. The van der Waals surface area contributed by atoms with Gasteiger partial charge in [0.15, 0.2) is 11.4 Å². The monoisotopic (exact) mass is 901 g/mol. The van der Waals surface area contributed by atoms with Crippen molar-refractivity contribution in [3.8, 4) is 142 Å². The zero-order valence-corrected chi connectivity index (χ0v) is 40.9. The highest BCUT2D eigenvalue weighted by Crippen LogP contribution is 2.37. The van der Waals surface area contributed by atoms with E-state index in [1.807, 2.05) is 6.92 Å². The molecule has 342 valence electrons. The molecule has 0 aliphatic carbocycles. The first kappa shape index (κ1) is 57.6. The van der Waals surface area contributed by atoms with Gasteiger partial charge in [-0.05, 0) is 126 Å². The number of hydrogen-bond donors (Lipinski definition) is 1. The Morgan fingerprint density at radius 1 is 0.591 bits per heavy atom. The number of carbonyl (C=O) groups excluding carboxylic acids is 3. The van der Waals surface area contributed by atoms with Crippen LogP contribution in [0, 0.1) is 166 Å². The Morgan fingerprint density at radius 2 is 1.02 bits per heavy atom. The van der Waals surface area contributed by atoms with Crippen molar-refractivity contribution in [3.05, 3.63) is 0 Å². The van der Waals surface area contributed by atoms with Gasteiger partial charge in [-0.2, -0.15) is 0 Å². The molecule has 1 rings (SSSR count). The van der Waals surface area contributed by atoms with Gasteiger partial charge < -0.3 is 19.5 Å². The van der Waals surface area contributed by atoms with Crippen LogP contribution in [0.1, 0.15) is 139 Å². The Balaban J connectivity index is 2.99. The van der Waals surface area contributed by atoms with Gasteiger partial charge in [-0.25, -0.2) is 0 Å². The van der Waals surface area contributed by atoms with E-state index >= 15 is 0 Å². The molecule has 1 aliphatic rings.